The van der Waals surface area contributed by atoms with Gasteiger partial charge in [-0.15, -0.1) is 0 Å². The summed E-state index contributed by atoms with van der Waals surface area (Å²) in [6, 6.07) is 0.298. The fourth-order valence-corrected chi connectivity index (χ4v) is 2.49. The number of hydrogen-bond acceptors (Lipinski definition) is 4. The van der Waals surface area contributed by atoms with Gasteiger partial charge in [0.2, 0.25) is 0 Å². The van der Waals surface area contributed by atoms with Crippen molar-refractivity contribution in [2.24, 2.45) is 11.8 Å². The van der Waals surface area contributed by atoms with Crippen LogP contribution < -0.4 is 11.3 Å². The molecule has 1 unspecified atom stereocenters. The standard InChI is InChI=1S/C12H22N4O/c1-2-16-6-5-14-12(16)9-11(15-13)10-3-7-17-8-4-10/h5-6,10-11,15H,2-4,7-9,13H2,1H3. The summed E-state index contributed by atoms with van der Waals surface area (Å²) in [5.41, 5.74) is 2.95. The van der Waals surface area contributed by atoms with Crippen LogP contribution in [-0.2, 0) is 17.7 Å². The molecule has 5 heteroatoms. The van der Waals surface area contributed by atoms with E-state index >= 15 is 0 Å². The van der Waals surface area contributed by atoms with E-state index in [1.807, 2.05) is 12.4 Å². The Balaban J connectivity index is 1.98. The summed E-state index contributed by atoms with van der Waals surface area (Å²) < 4.78 is 7.56. The first-order chi connectivity index (χ1) is 8.35. The molecular weight excluding hydrogens is 216 g/mol. The molecule has 0 aliphatic carbocycles. The van der Waals surface area contributed by atoms with Crippen molar-refractivity contribution in [1.82, 2.24) is 15.0 Å². The first-order valence-corrected chi connectivity index (χ1v) is 6.39. The van der Waals surface area contributed by atoms with Crippen molar-refractivity contribution >= 4 is 0 Å². The Morgan fingerprint density at radius 1 is 1.59 bits per heavy atom. The van der Waals surface area contributed by atoms with Gasteiger partial charge >= 0.3 is 0 Å². The first kappa shape index (κ1) is 12.5. The molecule has 0 amide bonds. The van der Waals surface area contributed by atoms with Gasteiger partial charge < -0.3 is 9.30 Å². The average Bonchev–Trinajstić information content (AvgIpc) is 2.84. The Morgan fingerprint density at radius 3 is 3.00 bits per heavy atom. The Kier molecular flexibility index (Phi) is 4.53. The van der Waals surface area contributed by atoms with Crippen LogP contribution in [0.5, 0.6) is 0 Å². The Bertz CT molecular complexity index is 333. The maximum absolute atomic E-state index is 5.68. The molecule has 1 aromatic rings. The zero-order chi connectivity index (χ0) is 12.1. The van der Waals surface area contributed by atoms with Crippen molar-refractivity contribution < 1.29 is 4.74 Å². The minimum atomic E-state index is 0.298. The minimum absolute atomic E-state index is 0.298. The van der Waals surface area contributed by atoms with E-state index in [-0.39, 0.29) is 0 Å². The molecule has 0 spiro atoms. The normalized spacial score (nSPS) is 19.4. The van der Waals surface area contributed by atoms with Gasteiger partial charge in [-0.25, -0.2) is 4.98 Å². The summed E-state index contributed by atoms with van der Waals surface area (Å²) in [7, 11) is 0. The predicted molar refractivity (Wildman–Crippen MR) is 66.3 cm³/mol. The van der Waals surface area contributed by atoms with Crippen LogP contribution in [0.2, 0.25) is 0 Å². The van der Waals surface area contributed by atoms with E-state index in [0.717, 1.165) is 44.8 Å². The van der Waals surface area contributed by atoms with E-state index in [2.05, 4.69) is 21.9 Å². The molecule has 1 aliphatic rings. The van der Waals surface area contributed by atoms with E-state index in [4.69, 9.17) is 10.6 Å². The molecule has 0 saturated carbocycles. The van der Waals surface area contributed by atoms with E-state index in [0.29, 0.717) is 12.0 Å². The second-order valence-corrected chi connectivity index (χ2v) is 4.56. The van der Waals surface area contributed by atoms with Crippen molar-refractivity contribution in [2.45, 2.75) is 38.8 Å². The van der Waals surface area contributed by atoms with Crippen molar-refractivity contribution in [3.8, 4) is 0 Å². The van der Waals surface area contributed by atoms with Gasteiger partial charge in [-0.2, -0.15) is 0 Å². The third-order valence-electron chi connectivity index (χ3n) is 3.59. The third-order valence-corrected chi connectivity index (χ3v) is 3.59. The first-order valence-electron chi connectivity index (χ1n) is 6.39. The number of hydrogen-bond donors (Lipinski definition) is 2. The highest BCUT2D eigenvalue weighted by Gasteiger charge is 2.24. The van der Waals surface area contributed by atoms with E-state index in [1.54, 1.807) is 0 Å². The Labute approximate surface area is 102 Å². The lowest BCUT2D eigenvalue weighted by atomic mass is 9.90. The molecule has 2 heterocycles. The van der Waals surface area contributed by atoms with Crippen molar-refractivity contribution in [1.29, 1.82) is 0 Å². The molecule has 96 valence electrons. The highest BCUT2D eigenvalue weighted by Crippen LogP contribution is 2.20. The van der Waals surface area contributed by atoms with Gasteiger partial charge in [0, 0.05) is 44.6 Å². The largest absolute Gasteiger partial charge is 0.381 e. The predicted octanol–water partition coefficient (Wildman–Crippen LogP) is 0.704. The maximum atomic E-state index is 5.68. The van der Waals surface area contributed by atoms with Crippen molar-refractivity contribution in [3.05, 3.63) is 18.2 Å². The number of nitrogens with two attached hydrogens (primary N) is 1. The summed E-state index contributed by atoms with van der Waals surface area (Å²) in [6.07, 6.45) is 6.94. The van der Waals surface area contributed by atoms with Gasteiger partial charge in [-0.3, -0.25) is 11.3 Å². The molecule has 5 nitrogen and oxygen atoms in total. The molecule has 0 bridgehead atoms. The van der Waals surface area contributed by atoms with Crippen LogP contribution in [0.25, 0.3) is 0 Å². The van der Waals surface area contributed by atoms with Crippen molar-refractivity contribution in [3.63, 3.8) is 0 Å². The lowest BCUT2D eigenvalue weighted by Gasteiger charge is -2.29. The lowest BCUT2D eigenvalue weighted by molar-refractivity contribution is 0.0534. The number of ether oxygens (including phenoxy) is 1. The molecule has 0 radical (unpaired) electrons. The number of imidazole rings is 1. The second kappa shape index (κ2) is 6.14. The van der Waals surface area contributed by atoms with Crippen LogP contribution >= 0.6 is 0 Å². The summed E-state index contributed by atoms with van der Waals surface area (Å²) in [5.74, 6) is 7.39. The molecule has 1 atom stereocenters. The summed E-state index contributed by atoms with van der Waals surface area (Å²) in [6.45, 7) is 4.79. The topological polar surface area (TPSA) is 65.1 Å². The smallest absolute Gasteiger partial charge is 0.110 e. The Morgan fingerprint density at radius 2 is 2.35 bits per heavy atom. The van der Waals surface area contributed by atoms with Crippen LogP contribution in [0.1, 0.15) is 25.6 Å². The van der Waals surface area contributed by atoms with Crippen LogP contribution in [-0.4, -0.2) is 28.8 Å². The van der Waals surface area contributed by atoms with Crippen LogP contribution in [0.3, 0.4) is 0 Å². The monoisotopic (exact) mass is 238 g/mol. The van der Waals surface area contributed by atoms with Gasteiger partial charge in [0.1, 0.15) is 5.82 Å². The number of aromatic nitrogens is 2. The highest BCUT2D eigenvalue weighted by atomic mass is 16.5. The third kappa shape index (κ3) is 3.06. The number of rotatable bonds is 5. The zero-order valence-electron chi connectivity index (χ0n) is 10.4. The molecule has 1 fully saturated rings. The number of aryl methyl sites for hydroxylation is 1. The van der Waals surface area contributed by atoms with Crippen LogP contribution in [0.4, 0.5) is 0 Å². The molecular formula is C12H22N4O. The number of nitrogens with zero attached hydrogens (tertiary/aromatic N) is 2. The SMILES string of the molecule is CCn1ccnc1CC(NN)C1CCOCC1. The van der Waals surface area contributed by atoms with Gasteiger partial charge in [0.15, 0.2) is 0 Å². The van der Waals surface area contributed by atoms with Gasteiger partial charge in [-0.05, 0) is 25.7 Å². The average molecular weight is 238 g/mol. The van der Waals surface area contributed by atoms with E-state index in [1.165, 1.54) is 0 Å². The fraction of sp³-hybridized carbons (Fsp3) is 0.750. The molecule has 1 aliphatic heterocycles. The second-order valence-electron chi connectivity index (χ2n) is 4.56. The van der Waals surface area contributed by atoms with Gasteiger partial charge in [0.25, 0.3) is 0 Å². The van der Waals surface area contributed by atoms with Crippen LogP contribution in [0.15, 0.2) is 12.4 Å². The van der Waals surface area contributed by atoms with E-state index < -0.39 is 0 Å². The summed E-state index contributed by atoms with van der Waals surface area (Å²) in [4.78, 5) is 4.41. The van der Waals surface area contributed by atoms with E-state index in [9.17, 15) is 0 Å². The fourth-order valence-electron chi connectivity index (χ4n) is 2.49. The molecule has 1 aromatic heterocycles. The number of nitrogens with one attached hydrogen (secondary N) is 1. The maximum Gasteiger partial charge on any atom is 0.110 e. The number of hydrazine groups is 1. The van der Waals surface area contributed by atoms with Gasteiger partial charge in [0.05, 0.1) is 0 Å². The molecule has 17 heavy (non-hydrogen) atoms. The molecule has 2 rings (SSSR count). The summed E-state index contributed by atoms with van der Waals surface area (Å²) >= 11 is 0. The van der Waals surface area contributed by atoms with Crippen molar-refractivity contribution in [2.75, 3.05) is 13.2 Å². The highest BCUT2D eigenvalue weighted by molar-refractivity contribution is 4.96. The quantitative estimate of drug-likeness (QED) is 0.585. The van der Waals surface area contributed by atoms with Crippen LogP contribution in [0, 0.1) is 5.92 Å². The minimum Gasteiger partial charge on any atom is -0.381 e. The molecule has 1 saturated heterocycles. The zero-order valence-corrected chi connectivity index (χ0v) is 10.4. The Hall–Kier alpha value is -0.910. The molecule has 3 N–H and O–H groups in total. The summed E-state index contributed by atoms with van der Waals surface area (Å²) in [5, 5.41) is 0. The molecule has 0 aromatic carbocycles. The van der Waals surface area contributed by atoms with Gasteiger partial charge in [-0.1, -0.05) is 0 Å². The lowest BCUT2D eigenvalue weighted by Crippen LogP contribution is -2.44.